The summed E-state index contributed by atoms with van der Waals surface area (Å²) in [4.78, 5) is 17.4. The van der Waals surface area contributed by atoms with E-state index in [0.29, 0.717) is 5.15 Å². The van der Waals surface area contributed by atoms with Crippen molar-refractivity contribution in [2.45, 2.75) is 25.8 Å². The molecule has 1 unspecified atom stereocenters. The molecule has 1 aliphatic rings. The van der Waals surface area contributed by atoms with Gasteiger partial charge in [-0.3, -0.25) is 4.79 Å². The third-order valence-electron chi connectivity index (χ3n) is 2.97. The van der Waals surface area contributed by atoms with Gasteiger partial charge in [0.1, 0.15) is 5.15 Å². The van der Waals surface area contributed by atoms with Crippen LogP contribution in [0.2, 0.25) is 5.15 Å². The van der Waals surface area contributed by atoms with E-state index in [0.717, 1.165) is 35.2 Å². The number of carbonyl (C=O) groups is 1. The number of halogens is 2. The predicted molar refractivity (Wildman–Crippen MR) is 81.0 cm³/mol. The van der Waals surface area contributed by atoms with Gasteiger partial charge in [0.25, 0.3) is 0 Å². The number of rotatable bonds is 2. The Morgan fingerprint density at radius 2 is 2.44 bits per heavy atom. The summed E-state index contributed by atoms with van der Waals surface area (Å²) in [6, 6.07) is 2.11. The Morgan fingerprint density at radius 3 is 3.17 bits per heavy atom. The molecule has 0 radical (unpaired) electrons. The number of hydrogen-bond donors (Lipinski definition) is 1. The van der Waals surface area contributed by atoms with E-state index < -0.39 is 0 Å². The number of hydrogen-bond acceptors (Lipinski definition) is 3. The molecule has 4 nitrogen and oxygen atoms in total. The van der Waals surface area contributed by atoms with Crippen LogP contribution >= 0.6 is 34.2 Å². The minimum Gasteiger partial charge on any atom is -0.368 e. The van der Waals surface area contributed by atoms with Crippen molar-refractivity contribution >= 4 is 45.8 Å². The number of nitrogens with one attached hydrogen (secondary N) is 1. The van der Waals surface area contributed by atoms with Gasteiger partial charge in [-0.05, 0) is 41.5 Å². The van der Waals surface area contributed by atoms with Gasteiger partial charge in [-0.1, -0.05) is 11.6 Å². The van der Waals surface area contributed by atoms with Crippen molar-refractivity contribution in [1.29, 1.82) is 0 Å². The highest BCUT2D eigenvalue weighted by atomic mass is 127. The molecule has 0 spiro atoms. The Bertz CT molecular complexity index is 455. The lowest BCUT2D eigenvalue weighted by atomic mass is 10.1. The first-order chi connectivity index (χ1) is 8.56. The summed E-state index contributed by atoms with van der Waals surface area (Å²) in [6.45, 7) is 3.38. The van der Waals surface area contributed by atoms with Crippen molar-refractivity contribution in [3.8, 4) is 0 Å². The van der Waals surface area contributed by atoms with Crippen LogP contribution in [-0.4, -0.2) is 30.0 Å². The van der Waals surface area contributed by atoms with Gasteiger partial charge in [-0.25, -0.2) is 4.98 Å². The Balaban J connectivity index is 2.12. The summed E-state index contributed by atoms with van der Waals surface area (Å²) >= 11 is 8.21. The van der Waals surface area contributed by atoms with Crippen molar-refractivity contribution in [2.75, 3.05) is 18.0 Å². The van der Waals surface area contributed by atoms with E-state index in [1.807, 2.05) is 6.07 Å². The van der Waals surface area contributed by atoms with Crippen LogP contribution in [0.1, 0.15) is 19.8 Å². The summed E-state index contributed by atoms with van der Waals surface area (Å²) in [7, 11) is 0. The van der Waals surface area contributed by atoms with Gasteiger partial charge in [-0.2, -0.15) is 0 Å². The zero-order chi connectivity index (χ0) is 13.1. The maximum atomic E-state index is 11.1. The lowest BCUT2D eigenvalue weighted by molar-refractivity contribution is -0.119. The second-order valence-corrected chi connectivity index (χ2v) is 5.99. The molecule has 1 saturated heterocycles. The molecule has 1 atom stereocenters. The molecule has 1 aromatic heterocycles. The number of piperidine rings is 1. The standard InChI is InChI=1S/C12H15ClIN3O/c1-8(18)16-9-3-2-4-17(7-9)11-5-12(13)15-6-10(11)14/h5-6,9H,2-4,7H2,1H3,(H,16,18). The van der Waals surface area contributed by atoms with E-state index in [9.17, 15) is 4.79 Å². The smallest absolute Gasteiger partial charge is 0.217 e. The summed E-state index contributed by atoms with van der Waals surface area (Å²) in [5.41, 5.74) is 1.10. The van der Waals surface area contributed by atoms with E-state index in [-0.39, 0.29) is 11.9 Å². The maximum Gasteiger partial charge on any atom is 0.217 e. The van der Waals surface area contributed by atoms with Crippen LogP contribution < -0.4 is 10.2 Å². The molecular formula is C12H15ClIN3O. The van der Waals surface area contributed by atoms with Crippen LogP contribution in [0.15, 0.2) is 12.3 Å². The average Bonchev–Trinajstić information content (AvgIpc) is 2.32. The van der Waals surface area contributed by atoms with Crippen LogP contribution in [0.25, 0.3) is 0 Å². The number of pyridine rings is 1. The normalized spacial score (nSPS) is 19.7. The molecule has 0 saturated carbocycles. The fourth-order valence-corrected chi connectivity index (χ4v) is 3.04. The van der Waals surface area contributed by atoms with Gasteiger partial charge < -0.3 is 10.2 Å². The quantitative estimate of drug-likeness (QED) is 0.634. The molecule has 0 aromatic carbocycles. The van der Waals surface area contributed by atoms with E-state index in [4.69, 9.17) is 11.6 Å². The summed E-state index contributed by atoms with van der Waals surface area (Å²) in [5.74, 6) is 0.0318. The first-order valence-corrected chi connectivity index (χ1v) is 7.35. The van der Waals surface area contributed by atoms with Crippen molar-refractivity contribution in [3.63, 3.8) is 0 Å². The largest absolute Gasteiger partial charge is 0.368 e. The predicted octanol–water partition coefficient (Wildman–Crippen LogP) is 2.44. The SMILES string of the molecule is CC(=O)NC1CCCN(c2cc(Cl)ncc2I)C1. The first-order valence-electron chi connectivity index (χ1n) is 5.89. The van der Waals surface area contributed by atoms with Gasteiger partial charge in [0, 0.05) is 32.3 Å². The van der Waals surface area contributed by atoms with Crippen molar-refractivity contribution < 1.29 is 4.79 Å². The van der Waals surface area contributed by atoms with E-state index in [1.165, 1.54) is 0 Å². The van der Waals surface area contributed by atoms with Gasteiger partial charge in [0.15, 0.2) is 0 Å². The Hall–Kier alpha value is -0.560. The lowest BCUT2D eigenvalue weighted by Crippen LogP contribution is -2.47. The summed E-state index contributed by atoms with van der Waals surface area (Å²) in [6.07, 6.45) is 3.88. The molecule has 98 valence electrons. The Labute approximate surface area is 125 Å². The van der Waals surface area contributed by atoms with Crippen LogP contribution in [-0.2, 0) is 4.79 Å². The molecule has 1 aromatic rings. The summed E-state index contributed by atoms with van der Waals surface area (Å²) < 4.78 is 1.08. The van der Waals surface area contributed by atoms with Crippen molar-refractivity contribution in [2.24, 2.45) is 0 Å². The van der Waals surface area contributed by atoms with Crippen LogP contribution in [0.3, 0.4) is 0 Å². The number of anilines is 1. The molecule has 1 fully saturated rings. The highest BCUT2D eigenvalue weighted by Crippen LogP contribution is 2.27. The number of amides is 1. The van der Waals surface area contributed by atoms with Gasteiger partial charge in [-0.15, -0.1) is 0 Å². The lowest BCUT2D eigenvalue weighted by Gasteiger charge is -2.35. The molecule has 1 amide bonds. The highest BCUT2D eigenvalue weighted by molar-refractivity contribution is 14.1. The van der Waals surface area contributed by atoms with E-state index >= 15 is 0 Å². The monoisotopic (exact) mass is 379 g/mol. The summed E-state index contributed by atoms with van der Waals surface area (Å²) in [5, 5.41) is 3.49. The molecule has 2 heterocycles. The third kappa shape index (κ3) is 3.47. The molecule has 6 heteroatoms. The fourth-order valence-electron chi connectivity index (χ4n) is 2.25. The van der Waals surface area contributed by atoms with Gasteiger partial charge in [0.2, 0.25) is 5.91 Å². The topological polar surface area (TPSA) is 45.2 Å². The minimum absolute atomic E-state index is 0.0318. The average molecular weight is 380 g/mol. The maximum absolute atomic E-state index is 11.1. The third-order valence-corrected chi connectivity index (χ3v) is 4.01. The number of aromatic nitrogens is 1. The second kappa shape index (κ2) is 6.06. The fraction of sp³-hybridized carbons (Fsp3) is 0.500. The van der Waals surface area contributed by atoms with Gasteiger partial charge >= 0.3 is 0 Å². The number of nitrogens with zero attached hydrogens (tertiary/aromatic N) is 2. The molecule has 2 rings (SSSR count). The zero-order valence-electron chi connectivity index (χ0n) is 10.1. The first kappa shape index (κ1) is 13.9. The van der Waals surface area contributed by atoms with Crippen molar-refractivity contribution in [3.05, 3.63) is 21.0 Å². The second-order valence-electron chi connectivity index (χ2n) is 4.44. The molecule has 0 bridgehead atoms. The molecule has 18 heavy (non-hydrogen) atoms. The minimum atomic E-state index is 0.0318. The van der Waals surface area contributed by atoms with E-state index in [2.05, 4.69) is 37.8 Å². The Morgan fingerprint density at radius 1 is 1.67 bits per heavy atom. The Kier molecular flexibility index (Phi) is 4.66. The van der Waals surface area contributed by atoms with Crippen LogP contribution in [0, 0.1) is 3.57 Å². The van der Waals surface area contributed by atoms with Gasteiger partial charge in [0.05, 0.1) is 9.26 Å². The van der Waals surface area contributed by atoms with E-state index in [1.54, 1.807) is 13.1 Å². The van der Waals surface area contributed by atoms with Crippen LogP contribution in [0.5, 0.6) is 0 Å². The molecule has 1 aliphatic heterocycles. The number of carbonyl (C=O) groups excluding carboxylic acids is 1. The van der Waals surface area contributed by atoms with Crippen molar-refractivity contribution in [1.82, 2.24) is 10.3 Å². The zero-order valence-corrected chi connectivity index (χ0v) is 13.0. The molecule has 1 N–H and O–H groups in total. The molecule has 0 aliphatic carbocycles. The highest BCUT2D eigenvalue weighted by Gasteiger charge is 2.22. The molecular weight excluding hydrogens is 365 g/mol. The van der Waals surface area contributed by atoms with Crippen LogP contribution in [0.4, 0.5) is 5.69 Å².